The summed E-state index contributed by atoms with van der Waals surface area (Å²) in [5.41, 5.74) is -1.64. The highest BCUT2D eigenvalue weighted by Gasteiger charge is 2.43. The molecule has 3 N–H and O–H groups in total. The van der Waals surface area contributed by atoms with Gasteiger partial charge < -0.3 is 20.1 Å². The van der Waals surface area contributed by atoms with Gasteiger partial charge in [-0.15, -0.1) is 0 Å². The monoisotopic (exact) mass is 512 g/mol. The first-order chi connectivity index (χ1) is 17.0. The van der Waals surface area contributed by atoms with Crippen molar-refractivity contribution < 1.29 is 40.6 Å². The zero-order chi connectivity index (χ0) is 26.1. The molecule has 36 heavy (non-hydrogen) atoms. The van der Waals surface area contributed by atoms with Crippen LogP contribution in [-0.4, -0.2) is 23.2 Å². The van der Waals surface area contributed by atoms with Gasteiger partial charge in [0, 0.05) is 29.3 Å². The van der Waals surface area contributed by atoms with Crippen LogP contribution in [0.1, 0.15) is 22.3 Å². The normalized spacial score (nSPS) is 12.2. The first-order valence-corrected chi connectivity index (χ1v) is 10.6. The molecule has 0 bridgehead atoms. The van der Waals surface area contributed by atoms with E-state index in [1.807, 2.05) is 0 Å². The maximum absolute atomic E-state index is 13.8. The summed E-state index contributed by atoms with van der Waals surface area (Å²) in [6.45, 7) is -0.728. The summed E-state index contributed by atoms with van der Waals surface area (Å²) in [5, 5.41) is 11.7. The molecule has 0 aliphatic carbocycles. The number of aromatic nitrogens is 1. The molecule has 190 valence electrons. The molecule has 4 aromatic rings. The van der Waals surface area contributed by atoms with Crippen molar-refractivity contribution in [3.8, 4) is 11.5 Å². The van der Waals surface area contributed by atoms with E-state index in [2.05, 4.69) is 10.3 Å². The van der Waals surface area contributed by atoms with E-state index in [1.165, 1.54) is 30.3 Å². The van der Waals surface area contributed by atoms with E-state index in [4.69, 9.17) is 9.84 Å². The molecule has 11 heteroatoms. The van der Waals surface area contributed by atoms with Crippen LogP contribution in [0.25, 0.3) is 10.9 Å². The van der Waals surface area contributed by atoms with E-state index >= 15 is 0 Å². The Labute approximate surface area is 200 Å². The summed E-state index contributed by atoms with van der Waals surface area (Å²) >= 11 is 0. The number of aliphatic hydroxyl groups excluding tert-OH is 1. The van der Waals surface area contributed by atoms with E-state index in [9.17, 15) is 30.7 Å². The lowest BCUT2D eigenvalue weighted by molar-refractivity contribution is -0.144. The predicted octanol–water partition coefficient (Wildman–Crippen LogP) is 7.13. The zero-order valence-electron chi connectivity index (χ0n) is 18.4. The molecular formula is C25H19F7N2O2. The van der Waals surface area contributed by atoms with Gasteiger partial charge in [-0.3, -0.25) is 0 Å². The number of ether oxygens (including phenoxy) is 1. The minimum Gasteiger partial charge on any atom is -0.456 e. The summed E-state index contributed by atoms with van der Waals surface area (Å²) < 4.78 is 101. The predicted molar refractivity (Wildman–Crippen MR) is 120 cm³/mol. The third-order valence-corrected chi connectivity index (χ3v) is 5.41. The molecule has 0 radical (unpaired) electrons. The number of fused-ring (bicyclic) bond motifs is 1. The minimum atomic E-state index is -5.15. The van der Waals surface area contributed by atoms with Gasteiger partial charge in [-0.25, -0.2) is 4.39 Å². The van der Waals surface area contributed by atoms with Crippen molar-refractivity contribution in [2.24, 2.45) is 0 Å². The van der Waals surface area contributed by atoms with Gasteiger partial charge in [-0.1, -0.05) is 12.1 Å². The van der Waals surface area contributed by atoms with E-state index in [0.29, 0.717) is 35.0 Å². The Morgan fingerprint density at radius 3 is 2.08 bits per heavy atom. The van der Waals surface area contributed by atoms with Gasteiger partial charge in [0.15, 0.2) is 5.75 Å². The van der Waals surface area contributed by atoms with Crippen LogP contribution in [0.2, 0.25) is 0 Å². The first kappa shape index (κ1) is 25.4. The van der Waals surface area contributed by atoms with E-state index in [1.54, 1.807) is 18.3 Å². The van der Waals surface area contributed by atoms with Gasteiger partial charge in [0.05, 0.1) is 6.61 Å². The molecule has 0 atom stereocenters. The van der Waals surface area contributed by atoms with Crippen LogP contribution in [-0.2, 0) is 18.8 Å². The van der Waals surface area contributed by atoms with E-state index in [0.717, 1.165) is 5.56 Å². The van der Waals surface area contributed by atoms with Crippen molar-refractivity contribution in [1.82, 2.24) is 4.98 Å². The van der Waals surface area contributed by atoms with Crippen LogP contribution < -0.4 is 10.1 Å². The Balaban J connectivity index is 1.77. The smallest absolute Gasteiger partial charge is 0.420 e. The number of benzene rings is 3. The van der Waals surface area contributed by atoms with Crippen LogP contribution in [0, 0.1) is 5.82 Å². The van der Waals surface area contributed by atoms with Crippen LogP contribution in [0.15, 0.2) is 60.8 Å². The Kier molecular flexibility index (Phi) is 6.85. The Morgan fingerprint density at radius 1 is 0.861 bits per heavy atom. The quantitative estimate of drug-likeness (QED) is 0.231. The fraction of sp³-hybridized carbons (Fsp3) is 0.200. The second kappa shape index (κ2) is 9.73. The number of rotatable bonds is 7. The molecule has 0 unspecified atom stereocenters. The Morgan fingerprint density at radius 2 is 1.50 bits per heavy atom. The molecule has 0 amide bonds. The number of aliphatic hydroxyl groups is 1. The van der Waals surface area contributed by atoms with Gasteiger partial charge in [0.2, 0.25) is 0 Å². The Bertz CT molecular complexity index is 1320. The largest absolute Gasteiger partial charge is 0.456 e. The molecule has 0 fully saturated rings. The summed E-state index contributed by atoms with van der Waals surface area (Å²) in [6, 6.07) is 10.8. The number of anilines is 1. The van der Waals surface area contributed by atoms with Gasteiger partial charge in [-0.05, 0) is 60.0 Å². The molecule has 4 nitrogen and oxygen atoms in total. The first-order valence-electron chi connectivity index (χ1n) is 10.6. The van der Waals surface area contributed by atoms with Gasteiger partial charge in [0.25, 0.3) is 0 Å². The second-order valence-electron chi connectivity index (χ2n) is 7.97. The van der Waals surface area contributed by atoms with E-state index in [-0.39, 0.29) is 12.3 Å². The summed E-state index contributed by atoms with van der Waals surface area (Å²) in [7, 11) is 0. The number of hydrogen-bond acceptors (Lipinski definition) is 3. The van der Waals surface area contributed by atoms with Crippen LogP contribution >= 0.6 is 0 Å². The topological polar surface area (TPSA) is 57.3 Å². The lowest BCUT2D eigenvalue weighted by Crippen LogP contribution is -2.16. The van der Waals surface area contributed by atoms with Crippen LogP contribution in [0.5, 0.6) is 11.5 Å². The highest BCUT2D eigenvalue weighted by molar-refractivity contribution is 5.85. The van der Waals surface area contributed by atoms with Crippen molar-refractivity contribution in [2.45, 2.75) is 18.8 Å². The van der Waals surface area contributed by atoms with Crippen molar-refractivity contribution in [3.63, 3.8) is 0 Å². The lowest BCUT2D eigenvalue weighted by Gasteiger charge is -2.21. The third kappa shape index (κ3) is 5.56. The molecular weight excluding hydrogens is 493 g/mol. The van der Waals surface area contributed by atoms with Gasteiger partial charge in [-0.2, -0.15) is 26.3 Å². The minimum absolute atomic E-state index is 0.227. The molecule has 0 saturated heterocycles. The second-order valence-corrected chi connectivity index (χ2v) is 7.97. The van der Waals surface area contributed by atoms with E-state index < -0.39 is 47.3 Å². The summed E-state index contributed by atoms with van der Waals surface area (Å²) in [4.78, 5) is 2.99. The van der Waals surface area contributed by atoms with Gasteiger partial charge >= 0.3 is 12.4 Å². The maximum atomic E-state index is 13.8. The number of alkyl halides is 6. The van der Waals surface area contributed by atoms with Crippen molar-refractivity contribution in [2.75, 3.05) is 18.5 Å². The van der Waals surface area contributed by atoms with Crippen molar-refractivity contribution in [3.05, 3.63) is 88.9 Å². The highest BCUT2D eigenvalue weighted by atomic mass is 19.4. The van der Waals surface area contributed by atoms with Crippen molar-refractivity contribution in [1.29, 1.82) is 0 Å². The molecule has 4 rings (SSSR count). The molecule has 0 saturated carbocycles. The highest BCUT2D eigenvalue weighted by Crippen LogP contribution is 2.47. The van der Waals surface area contributed by atoms with Crippen molar-refractivity contribution >= 4 is 16.6 Å². The number of H-pyrrole nitrogens is 1. The maximum Gasteiger partial charge on any atom is 0.420 e. The zero-order valence-corrected chi connectivity index (χ0v) is 18.4. The molecule has 0 aliphatic heterocycles. The number of nitrogens with one attached hydrogen (secondary N) is 2. The fourth-order valence-electron chi connectivity index (χ4n) is 3.77. The number of hydrogen-bond donors (Lipinski definition) is 3. The van der Waals surface area contributed by atoms with Crippen LogP contribution in [0.3, 0.4) is 0 Å². The third-order valence-electron chi connectivity index (χ3n) is 5.41. The summed E-state index contributed by atoms with van der Waals surface area (Å²) in [6.07, 6.45) is -8.31. The number of halogens is 7. The molecule has 1 heterocycles. The molecule has 0 aliphatic rings. The standard InChI is InChI=1S/C25H19F7N2O2/c26-16-3-1-14(2-4-16)9-15-13-34-22-6-5-18(12-19(15)22)36-23-20(24(27,28)29)10-17(33-7-8-35)11-21(23)25(30,31)32/h1-6,10-13,33-35H,7-9H2. The average Bonchev–Trinajstić information content (AvgIpc) is 3.20. The molecule has 3 aromatic carbocycles. The Hall–Kier alpha value is -3.73. The lowest BCUT2D eigenvalue weighted by atomic mass is 10.0. The molecule has 1 aromatic heterocycles. The summed E-state index contributed by atoms with van der Waals surface area (Å²) in [5.74, 6) is -2.01. The van der Waals surface area contributed by atoms with Gasteiger partial charge in [0.1, 0.15) is 22.7 Å². The van der Waals surface area contributed by atoms with Crippen LogP contribution in [0.4, 0.5) is 36.4 Å². The average molecular weight is 512 g/mol. The molecule has 0 spiro atoms. The number of aromatic amines is 1. The fourth-order valence-corrected chi connectivity index (χ4v) is 3.77. The SMILES string of the molecule is OCCNc1cc(C(F)(F)F)c(Oc2ccc3[nH]cc(Cc4ccc(F)cc4)c3c2)c(C(F)(F)F)c1.